The zero-order valence-corrected chi connectivity index (χ0v) is 15.0. The fourth-order valence-electron chi connectivity index (χ4n) is 3.16. The van der Waals surface area contributed by atoms with Crippen LogP contribution in [0.5, 0.6) is 0 Å². The average molecular weight is 346 g/mol. The van der Waals surface area contributed by atoms with Gasteiger partial charge in [-0.1, -0.05) is 0 Å². The number of aromatic nitrogens is 4. The van der Waals surface area contributed by atoms with E-state index in [1.165, 1.54) is 0 Å². The summed E-state index contributed by atoms with van der Waals surface area (Å²) in [6.45, 7) is 8.35. The lowest BCUT2D eigenvalue weighted by Crippen LogP contribution is -2.49. The van der Waals surface area contributed by atoms with Gasteiger partial charge < -0.3 is 15.0 Å². The van der Waals surface area contributed by atoms with Crippen LogP contribution in [0, 0.1) is 0 Å². The van der Waals surface area contributed by atoms with Gasteiger partial charge in [-0.15, -0.1) is 0 Å². The first-order valence-electron chi connectivity index (χ1n) is 8.69. The van der Waals surface area contributed by atoms with Crippen LogP contribution < -0.4 is 5.32 Å². The van der Waals surface area contributed by atoms with Gasteiger partial charge in [0.1, 0.15) is 6.54 Å². The molecule has 0 unspecified atom stereocenters. The molecule has 2 aromatic heterocycles. The van der Waals surface area contributed by atoms with E-state index < -0.39 is 0 Å². The van der Waals surface area contributed by atoms with Crippen molar-refractivity contribution in [2.45, 2.75) is 52.1 Å². The number of carbonyl (C=O) groups excluding carboxylic acids is 1. The highest BCUT2D eigenvalue weighted by Crippen LogP contribution is 2.12. The zero-order chi connectivity index (χ0) is 17.8. The number of morpholine rings is 1. The maximum Gasteiger partial charge on any atom is 0.244 e. The summed E-state index contributed by atoms with van der Waals surface area (Å²) in [5.74, 6) is 0.0706. The molecule has 0 aliphatic carbocycles. The highest BCUT2D eigenvalue weighted by atomic mass is 16.5. The molecule has 2 aromatic rings. The average Bonchev–Trinajstić information content (AvgIpc) is 3.18. The molecule has 1 saturated heterocycles. The molecule has 8 heteroatoms. The van der Waals surface area contributed by atoms with Crippen LogP contribution in [0.2, 0.25) is 0 Å². The Morgan fingerprint density at radius 1 is 1.32 bits per heavy atom. The van der Waals surface area contributed by atoms with Crippen molar-refractivity contribution < 1.29 is 9.53 Å². The molecule has 1 aliphatic heterocycles. The fourth-order valence-corrected chi connectivity index (χ4v) is 3.16. The standard InChI is InChI=1S/C17H26N6O2/c1-13(8-22-6-4-5-18-22)20-16-7-19-23(11-16)12-17(24)21-9-14(2)25-15(3)10-21/h4-7,11,13-15,20H,8-10,12H2,1-3H3/t13-,14-,15-/m1/s1. The van der Waals surface area contributed by atoms with Crippen LogP contribution >= 0.6 is 0 Å². The van der Waals surface area contributed by atoms with Crippen molar-refractivity contribution in [3.05, 3.63) is 30.9 Å². The van der Waals surface area contributed by atoms with E-state index in [9.17, 15) is 4.79 Å². The number of anilines is 1. The summed E-state index contributed by atoms with van der Waals surface area (Å²) in [4.78, 5) is 14.3. The predicted molar refractivity (Wildman–Crippen MR) is 94.1 cm³/mol. The quantitative estimate of drug-likeness (QED) is 0.851. The maximum absolute atomic E-state index is 12.5. The molecule has 1 N–H and O–H groups in total. The Morgan fingerprint density at radius 3 is 2.76 bits per heavy atom. The Hall–Kier alpha value is -2.35. The molecule has 1 aliphatic rings. The third-order valence-corrected chi connectivity index (χ3v) is 4.14. The molecule has 1 amide bonds. The third-order valence-electron chi connectivity index (χ3n) is 4.14. The molecule has 0 aromatic carbocycles. The summed E-state index contributed by atoms with van der Waals surface area (Å²) >= 11 is 0. The van der Waals surface area contributed by atoms with Gasteiger partial charge in [-0.3, -0.25) is 14.2 Å². The number of carbonyl (C=O) groups is 1. The van der Waals surface area contributed by atoms with Gasteiger partial charge in [-0.2, -0.15) is 10.2 Å². The van der Waals surface area contributed by atoms with E-state index in [-0.39, 0.29) is 30.7 Å². The van der Waals surface area contributed by atoms with Crippen molar-refractivity contribution in [2.75, 3.05) is 18.4 Å². The van der Waals surface area contributed by atoms with Gasteiger partial charge in [0.15, 0.2) is 0 Å². The van der Waals surface area contributed by atoms with Crippen LogP contribution in [-0.2, 0) is 22.6 Å². The lowest BCUT2D eigenvalue weighted by atomic mass is 10.2. The first-order chi connectivity index (χ1) is 12.0. The van der Waals surface area contributed by atoms with Gasteiger partial charge in [0.05, 0.1) is 30.6 Å². The second kappa shape index (κ2) is 7.69. The molecule has 0 spiro atoms. The highest BCUT2D eigenvalue weighted by molar-refractivity contribution is 5.76. The smallest absolute Gasteiger partial charge is 0.244 e. The summed E-state index contributed by atoms with van der Waals surface area (Å²) in [6.07, 6.45) is 7.47. The van der Waals surface area contributed by atoms with Gasteiger partial charge in [-0.05, 0) is 26.8 Å². The minimum absolute atomic E-state index is 0.0706. The number of hydrogen-bond acceptors (Lipinski definition) is 5. The number of hydrogen-bond donors (Lipinski definition) is 1. The summed E-state index contributed by atoms with van der Waals surface area (Å²) in [6, 6.07) is 2.11. The molecule has 1 fully saturated rings. The lowest BCUT2D eigenvalue weighted by molar-refractivity contribution is -0.144. The van der Waals surface area contributed by atoms with Gasteiger partial charge in [0.25, 0.3) is 0 Å². The van der Waals surface area contributed by atoms with E-state index >= 15 is 0 Å². The lowest BCUT2D eigenvalue weighted by Gasteiger charge is -2.35. The van der Waals surface area contributed by atoms with Gasteiger partial charge >= 0.3 is 0 Å². The topological polar surface area (TPSA) is 77.2 Å². The van der Waals surface area contributed by atoms with E-state index in [0.29, 0.717) is 13.1 Å². The Bertz CT molecular complexity index is 673. The molecule has 3 heterocycles. The molecule has 3 atom stereocenters. The monoisotopic (exact) mass is 346 g/mol. The minimum atomic E-state index is 0.0706. The fraction of sp³-hybridized carbons (Fsp3) is 0.588. The molecule has 8 nitrogen and oxygen atoms in total. The second-order valence-electron chi connectivity index (χ2n) is 6.76. The van der Waals surface area contributed by atoms with Crippen molar-refractivity contribution in [3.63, 3.8) is 0 Å². The molecule has 25 heavy (non-hydrogen) atoms. The molecule has 0 bridgehead atoms. The summed E-state index contributed by atoms with van der Waals surface area (Å²) < 4.78 is 9.23. The second-order valence-corrected chi connectivity index (χ2v) is 6.76. The molecular weight excluding hydrogens is 320 g/mol. The Labute approximate surface area is 147 Å². The van der Waals surface area contributed by atoms with Crippen molar-refractivity contribution in [3.8, 4) is 0 Å². The van der Waals surface area contributed by atoms with E-state index in [1.54, 1.807) is 17.1 Å². The van der Waals surface area contributed by atoms with Gasteiger partial charge in [0, 0.05) is 37.7 Å². The third kappa shape index (κ3) is 4.82. The zero-order valence-electron chi connectivity index (χ0n) is 15.0. The Morgan fingerprint density at radius 2 is 2.08 bits per heavy atom. The number of ether oxygens (including phenoxy) is 1. The van der Waals surface area contributed by atoms with Crippen LogP contribution in [0.25, 0.3) is 0 Å². The summed E-state index contributed by atoms with van der Waals surface area (Å²) in [5, 5.41) is 11.9. The van der Waals surface area contributed by atoms with E-state index in [0.717, 1.165) is 12.2 Å². The summed E-state index contributed by atoms with van der Waals surface area (Å²) in [5.41, 5.74) is 0.899. The van der Waals surface area contributed by atoms with Crippen LogP contribution in [-0.4, -0.2) is 61.7 Å². The van der Waals surface area contributed by atoms with E-state index in [1.807, 2.05) is 41.9 Å². The minimum Gasteiger partial charge on any atom is -0.378 e. The van der Waals surface area contributed by atoms with Gasteiger partial charge in [-0.25, -0.2) is 0 Å². The normalized spacial score (nSPS) is 22.0. The van der Waals surface area contributed by atoms with E-state index in [2.05, 4.69) is 22.4 Å². The van der Waals surface area contributed by atoms with Crippen LogP contribution in [0.4, 0.5) is 5.69 Å². The van der Waals surface area contributed by atoms with E-state index in [4.69, 9.17) is 4.74 Å². The van der Waals surface area contributed by atoms with Crippen LogP contribution in [0.15, 0.2) is 30.9 Å². The molecule has 136 valence electrons. The van der Waals surface area contributed by atoms with Crippen LogP contribution in [0.3, 0.4) is 0 Å². The number of amides is 1. The Kier molecular flexibility index (Phi) is 5.37. The van der Waals surface area contributed by atoms with Crippen molar-refractivity contribution in [1.29, 1.82) is 0 Å². The van der Waals surface area contributed by atoms with Gasteiger partial charge in [0.2, 0.25) is 5.91 Å². The molecule has 0 saturated carbocycles. The number of rotatable bonds is 6. The number of nitrogens with one attached hydrogen (secondary N) is 1. The molecule has 0 radical (unpaired) electrons. The SMILES string of the molecule is C[C@H](Cn1cccn1)Nc1cnn(CC(=O)N2C[C@@H](C)O[C@H](C)C2)c1. The van der Waals surface area contributed by atoms with Crippen LogP contribution in [0.1, 0.15) is 20.8 Å². The first-order valence-corrected chi connectivity index (χ1v) is 8.69. The van der Waals surface area contributed by atoms with Crippen molar-refractivity contribution in [2.24, 2.45) is 0 Å². The number of nitrogens with zero attached hydrogens (tertiary/aromatic N) is 5. The molecular formula is C17H26N6O2. The largest absolute Gasteiger partial charge is 0.378 e. The van der Waals surface area contributed by atoms with Crippen molar-refractivity contribution >= 4 is 11.6 Å². The Balaban J connectivity index is 1.51. The first kappa shape index (κ1) is 17.5. The maximum atomic E-state index is 12.5. The molecule has 3 rings (SSSR count). The predicted octanol–water partition coefficient (Wildman–Crippen LogP) is 1.22. The van der Waals surface area contributed by atoms with Crippen molar-refractivity contribution in [1.82, 2.24) is 24.5 Å². The summed E-state index contributed by atoms with van der Waals surface area (Å²) in [7, 11) is 0. The highest BCUT2D eigenvalue weighted by Gasteiger charge is 2.26.